The number of carbonyl (C=O) groups is 2. The minimum absolute atomic E-state index is 0.0823. The molecule has 1 fully saturated rings. The Morgan fingerprint density at radius 2 is 1.68 bits per heavy atom. The van der Waals surface area contributed by atoms with Crippen molar-refractivity contribution in [1.82, 2.24) is 0 Å². The van der Waals surface area contributed by atoms with Crippen LogP contribution in [0.4, 0.5) is 4.79 Å². The molecule has 0 aromatic heterocycles. The summed E-state index contributed by atoms with van der Waals surface area (Å²) in [4.78, 5) is 25.8. The van der Waals surface area contributed by atoms with Crippen molar-refractivity contribution in [2.75, 3.05) is 6.61 Å². The van der Waals surface area contributed by atoms with Gasteiger partial charge in [0.1, 0.15) is 5.76 Å². The Morgan fingerprint density at radius 1 is 1.11 bits per heavy atom. The van der Waals surface area contributed by atoms with Gasteiger partial charge in [0.15, 0.2) is 12.4 Å². The molecule has 0 heterocycles. The van der Waals surface area contributed by atoms with Crippen LogP contribution in [0.5, 0.6) is 0 Å². The fourth-order valence-corrected chi connectivity index (χ4v) is 5.05. The standard InChI is InChI=1S/C24H28O4/c1-7-10-27-24(26)28-23-20-15(4)9-8-14(3)19(20)22(25)21(23)18-16(5)11-13(2)12-17(18)6/h1,11-12,14-15,19-20H,8-10H2,2-6H3/t14?,15?,19-,20+/m0/s1. The summed E-state index contributed by atoms with van der Waals surface area (Å²) in [5.74, 6) is 3.05. The van der Waals surface area contributed by atoms with Crippen molar-refractivity contribution in [1.29, 1.82) is 0 Å². The number of ether oxygens (including phenoxy) is 2. The number of aryl methyl sites for hydroxylation is 3. The van der Waals surface area contributed by atoms with Crippen LogP contribution in [-0.2, 0) is 14.3 Å². The maximum atomic E-state index is 13.6. The zero-order valence-corrected chi connectivity index (χ0v) is 17.3. The highest BCUT2D eigenvalue weighted by molar-refractivity contribution is 6.25. The van der Waals surface area contributed by atoms with E-state index in [1.54, 1.807) is 0 Å². The van der Waals surface area contributed by atoms with Gasteiger partial charge in [0.25, 0.3) is 0 Å². The molecule has 0 N–H and O–H groups in total. The van der Waals surface area contributed by atoms with E-state index in [2.05, 4.69) is 31.9 Å². The lowest BCUT2D eigenvalue weighted by molar-refractivity contribution is -0.121. The van der Waals surface area contributed by atoms with Gasteiger partial charge in [-0.3, -0.25) is 4.79 Å². The largest absolute Gasteiger partial charge is 0.514 e. The van der Waals surface area contributed by atoms with Crippen LogP contribution in [0.2, 0.25) is 0 Å². The van der Waals surface area contributed by atoms with Crippen LogP contribution in [0.15, 0.2) is 17.9 Å². The SMILES string of the molecule is C#CCOC(=O)OC1=C(c2c(C)cc(C)cc2C)C(=O)[C@H]2C(C)CCC(C)[C@@H]12. The number of rotatable bonds is 3. The molecule has 148 valence electrons. The third kappa shape index (κ3) is 3.46. The summed E-state index contributed by atoms with van der Waals surface area (Å²) < 4.78 is 10.6. The van der Waals surface area contributed by atoms with E-state index in [0.717, 1.165) is 35.1 Å². The fraction of sp³-hybridized carbons (Fsp3) is 0.500. The van der Waals surface area contributed by atoms with Crippen LogP contribution < -0.4 is 0 Å². The maximum absolute atomic E-state index is 13.6. The molecule has 1 saturated carbocycles. The minimum Gasteiger partial charge on any atom is -0.421 e. The van der Waals surface area contributed by atoms with Gasteiger partial charge in [-0.15, -0.1) is 6.42 Å². The molecular formula is C24H28O4. The van der Waals surface area contributed by atoms with E-state index >= 15 is 0 Å². The van der Waals surface area contributed by atoms with Gasteiger partial charge in [-0.25, -0.2) is 4.79 Å². The second kappa shape index (κ2) is 7.83. The quantitative estimate of drug-likeness (QED) is 0.547. The molecule has 0 amide bonds. The van der Waals surface area contributed by atoms with E-state index in [1.807, 2.05) is 20.8 Å². The van der Waals surface area contributed by atoms with E-state index in [1.165, 1.54) is 0 Å². The van der Waals surface area contributed by atoms with Gasteiger partial charge >= 0.3 is 6.16 Å². The molecule has 0 aliphatic heterocycles. The summed E-state index contributed by atoms with van der Waals surface area (Å²) in [6.45, 7) is 10.1. The zero-order valence-electron chi connectivity index (χ0n) is 17.3. The summed E-state index contributed by atoms with van der Waals surface area (Å²) >= 11 is 0. The van der Waals surface area contributed by atoms with Gasteiger partial charge in [0.2, 0.25) is 0 Å². The minimum atomic E-state index is -0.841. The molecule has 0 radical (unpaired) electrons. The number of benzene rings is 1. The Balaban J connectivity index is 2.16. The summed E-state index contributed by atoms with van der Waals surface area (Å²) in [6.07, 6.45) is 6.34. The predicted molar refractivity (Wildman–Crippen MR) is 108 cm³/mol. The van der Waals surface area contributed by atoms with Crippen molar-refractivity contribution in [3.05, 3.63) is 40.1 Å². The molecular weight excluding hydrogens is 352 g/mol. The van der Waals surface area contributed by atoms with Gasteiger partial charge < -0.3 is 9.47 Å². The number of allylic oxidation sites excluding steroid dienone is 2. The first-order valence-corrected chi connectivity index (χ1v) is 9.90. The van der Waals surface area contributed by atoms with Crippen LogP contribution in [0, 0.1) is 56.8 Å². The molecule has 0 spiro atoms. The van der Waals surface area contributed by atoms with E-state index in [4.69, 9.17) is 15.9 Å². The van der Waals surface area contributed by atoms with Crippen LogP contribution in [0.25, 0.3) is 5.57 Å². The molecule has 3 rings (SSSR count). The molecule has 28 heavy (non-hydrogen) atoms. The first-order chi connectivity index (χ1) is 13.3. The normalized spacial score (nSPS) is 26.6. The molecule has 1 aromatic rings. The number of hydrogen-bond donors (Lipinski definition) is 0. The third-order valence-corrected chi connectivity index (χ3v) is 6.18. The van der Waals surface area contributed by atoms with Gasteiger partial charge in [-0.1, -0.05) is 37.5 Å². The van der Waals surface area contributed by atoms with Crippen molar-refractivity contribution < 1.29 is 19.1 Å². The highest BCUT2D eigenvalue weighted by atomic mass is 16.7. The molecule has 1 aromatic carbocycles. The maximum Gasteiger partial charge on any atom is 0.514 e. The van der Waals surface area contributed by atoms with Gasteiger partial charge in [0, 0.05) is 11.8 Å². The Bertz CT molecular complexity index is 863. The molecule has 0 saturated heterocycles. The Morgan fingerprint density at radius 3 is 2.25 bits per heavy atom. The Kier molecular flexibility index (Phi) is 5.65. The summed E-state index contributed by atoms with van der Waals surface area (Å²) in [5, 5.41) is 0. The average molecular weight is 380 g/mol. The van der Waals surface area contributed by atoms with E-state index in [-0.39, 0.29) is 36.1 Å². The number of terminal acetylenes is 1. The van der Waals surface area contributed by atoms with Gasteiger partial charge in [-0.2, -0.15) is 0 Å². The summed E-state index contributed by atoms with van der Waals surface area (Å²) in [5.41, 5.74) is 4.59. The lowest BCUT2D eigenvalue weighted by atomic mass is 9.68. The first-order valence-electron chi connectivity index (χ1n) is 9.90. The zero-order chi connectivity index (χ0) is 20.6. The van der Waals surface area contributed by atoms with Crippen molar-refractivity contribution in [3.63, 3.8) is 0 Å². The second-order valence-corrected chi connectivity index (χ2v) is 8.31. The highest BCUT2D eigenvalue weighted by Crippen LogP contribution is 2.52. The number of hydrogen-bond acceptors (Lipinski definition) is 4. The fourth-order valence-electron chi connectivity index (χ4n) is 5.05. The molecule has 4 heteroatoms. The Hall–Kier alpha value is -2.54. The number of fused-ring (bicyclic) bond motifs is 1. The molecule has 2 aliphatic carbocycles. The van der Waals surface area contributed by atoms with Crippen LogP contribution in [0.3, 0.4) is 0 Å². The van der Waals surface area contributed by atoms with Crippen LogP contribution in [-0.4, -0.2) is 18.5 Å². The van der Waals surface area contributed by atoms with Crippen LogP contribution in [0.1, 0.15) is 48.9 Å². The van der Waals surface area contributed by atoms with Gasteiger partial charge in [-0.05, 0) is 62.1 Å². The molecule has 2 aliphatic rings. The second-order valence-electron chi connectivity index (χ2n) is 8.31. The van der Waals surface area contributed by atoms with E-state index in [9.17, 15) is 9.59 Å². The molecule has 0 bridgehead atoms. The van der Waals surface area contributed by atoms with Gasteiger partial charge in [0.05, 0.1) is 5.57 Å². The molecule has 4 atom stereocenters. The van der Waals surface area contributed by atoms with Crippen molar-refractivity contribution in [2.24, 2.45) is 23.7 Å². The number of carbonyl (C=O) groups excluding carboxylic acids is 2. The molecule has 4 nitrogen and oxygen atoms in total. The van der Waals surface area contributed by atoms with Crippen molar-refractivity contribution >= 4 is 17.5 Å². The van der Waals surface area contributed by atoms with Crippen molar-refractivity contribution in [3.8, 4) is 12.3 Å². The number of Topliss-reactive ketones (excluding diaryl/α,β-unsaturated/α-hetero) is 1. The van der Waals surface area contributed by atoms with E-state index < -0.39 is 6.16 Å². The third-order valence-electron chi connectivity index (χ3n) is 6.18. The topological polar surface area (TPSA) is 52.6 Å². The average Bonchev–Trinajstić information content (AvgIpc) is 2.89. The summed E-state index contributed by atoms with van der Waals surface area (Å²) in [6, 6.07) is 4.12. The van der Waals surface area contributed by atoms with E-state index in [0.29, 0.717) is 11.3 Å². The van der Waals surface area contributed by atoms with Crippen LogP contribution >= 0.6 is 0 Å². The Labute approximate surface area is 167 Å². The first kappa shape index (κ1) is 20.2. The monoisotopic (exact) mass is 380 g/mol. The predicted octanol–water partition coefficient (Wildman–Crippen LogP) is 4.99. The highest BCUT2D eigenvalue weighted by Gasteiger charge is 2.51. The lowest BCUT2D eigenvalue weighted by Gasteiger charge is -2.36. The lowest BCUT2D eigenvalue weighted by Crippen LogP contribution is -2.34. The number of ketones is 1. The smallest absolute Gasteiger partial charge is 0.421 e. The molecule has 2 unspecified atom stereocenters. The summed E-state index contributed by atoms with van der Waals surface area (Å²) in [7, 11) is 0. The van der Waals surface area contributed by atoms with Crippen molar-refractivity contribution in [2.45, 2.75) is 47.5 Å².